The largest absolute Gasteiger partial charge is 0.374 e. The molecule has 1 unspecified atom stereocenters. The molecular formula is C14H21N3O2. The molecule has 0 saturated carbocycles. The summed E-state index contributed by atoms with van der Waals surface area (Å²) >= 11 is 0. The van der Waals surface area contributed by atoms with Crippen LogP contribution in [0.4, 0.5) is 0 Å². The van der Waals surface area contributed by atoms with Crippen molar-refractivity contribution in [1.29, 1.82) is 0 Å². The lowest BCUT2D eigenvalue weighted by Crippen LogP contribution is -2.47. The van der Waals surface area contributed by atoms with Crippen LogP contribution in [0, 0.1) is 0 Å². The monoisotopic (exact) mass is 263 g/mol. The average Bonchev–Trinajstić information content (AvgIpc) is 2.45. The molecule has 1 aromatic rings. The Bertz CT molecular complexity index is 410. The van der Waals surface area contributed by atoms with Gasteiger partial charge in [-0.2, -0.15) is 0 Å². The molecule has 19 heavy (non-hydrogen) atoms. The summed E-state index contributed by atoms with van der Waals surface area (Å²) in [5.41, 5.74) is 6.74. The second-order valence-electron chi connectivity index (χ2n) is 4.89. The van der Waals surface area contributed by atoms with Gasteiger partial charge in [0.05, 0.1) is 12.7 Å². The molecule has 1 amide bonds. The van der Waals surface area contributed by atoms with E-state index in [9.17, 15) is 4.79 Å². The minimum atomic E-state index is -0.623. The summed E-state index contributed by atoms with van der Waals surface area (Å²) in [6.45, 7) is 2.99. The van der Waals surface area contributed by atoms with Crippen molar-refractivity contribution in [3.8, 4) is 0 Å². The van der Waals surface area contributed by atoms with Crippen molar-refractivity contribution >= 4 is 5.91 Å². The van der Waals surface area contributed by atoms with Gasteiger partial charge in [-0.1, -0.05) is 30.3 Å². The first-order valence-corrected chi connectivity index (χ1v) is 6.55. The van der Waals surface area contributed by atoms with Crippen molar-refractivity contribution in [2.75, 3.05) is 33.3 Å². The molecule has 5 nitrogen and oxygen atoms in total. The molecule has 1 aliphatic rings. The van der Waals surface area contributed by atoms with Crippen LogP contribution in [-0.4, -0.2) is 50.2 Å². The van der Waals surface area contributed by atoms with E-state index < -0.39 is 6.04 Å². The SMILES string of the molecule is CN1CCOC(CNC(=O)[C@@H](N)c2ccccc2)C1. The number of carbonyl (C=O) groups excluding carboxylic acids is 1. The van der Waals surface area contributed by atoms with Crippen LogP contribution in [-0.2, 0) is 9.53 Å². The maximum Gasteiger partial charge on any atom is 0.241 e. The molecule has 1 fully saturated rings. The van der Waals surface area contributed by atoms with Crippen molar-refractivity contribution < 1.29 is 9.53 Å². The number of carbonyl (C=O) groups is 1. The predicted molar refractivity (Wildman–Crippen MR) is 73.6 cm³/mol. The first kappa shape index (κ1) is 14.0. The molecule has 1 aliphatic heterocycles. The zero-order valence-electron chi connectivity index (χ0n) is 11.2. The van der Waals surface area contributed by atoms with Gasteiger partial charge in [0, 0.05) is 19.6 Å². The summed E-state index contributed by atoms with van der Waals surface area (Å²) < 4.78 is 5.59. The van der Waals surface area contributed by atoms with Gasteiger partial charge in [0.1, 0.15) is 6.04 Å². The second kappa shape index (κ2) is 6.65. The summed E-state index contributed by atoms with van der Waals surface area (Å²) in [5, 5.41) is 2.86. The molecule has 3 N–H and O–H groups in total. The maximum absolute atomic E-state index is 12.0. The molecular weight excluding hydrogens is 242 g/mol. The fourth-order valence-corrected chi connectivity index (χ4v) is 2.13. The quantitative estimate of drug-likeness (QED) is 0.810. The number of amides is 1. The van der Waals surface area contributed by atoms with E-state index in [1.807, 2.05) is 37.4 Å². The molecule has 0 aromatic heterocycles. The Balaban J connectivity index is 1.81. The average molecular weight is 263 g/mol. The van der Waals surface area contributed by atoms with Gasteiger partial charge >= 0.3 is 0 Å². The highest BCUT2D eigenvalue weighted by molar-refractivity contribution is 5.82. The summed E-state index contributed by atoms with van der Waals surface area (Å²) in [5.74, 6) is -0.164. The van der Waals surface area contributed by atoms with E-state index in [1.165, 1.54) is 0 Å². The van der Waals surface area contributed by atoms with Crippen molar-refractivity contribution in [2.24, 2.45) is 5.73 Å². The Hall–Kier alpha value is -1.43. The van der Waals surface area contributed by atoms with Crippen LogP contribution >= 0.6 is 0 Å². The van der Waals surface area contributed by atoms with Crippen molar-refractivity contribution in [3.63, 3.8) is 0 Å². The summed E-state index contributed by atoms with van der Waals surface area (Å²) in [4.78, 5) is 14.2. The van der Waals surface area contributed by atoms with Gasteiger partial charge in [-0.25, -0.2) is 0 Å². The molecule has 1 saturated heterocycles. The van der Waals surface area contributed by atoms with Gasteiger partial charge in [-0.3, -0.25) is 4.79 Å². The molecule has 104 valence electrons. The lowest BCUT2D eigenvalue weighted by molar-refractivity contribution is -0.123. The molecule has 5 heteroatoms. The van der Waals surface area contributed by atoms with Crippen LogP contribution in [0.2, 0.25) is 0 Å². The first-order chi connectivity index (χ1) is 9.16. The zero-order valence-corrected chi connectivity index (χ0v) is 11.2. The Morgan fingerprint density at radius 2 is 2.26 bits per heavy atom. The summed E-state index contributed by atoms with van der Waals surface area (Å²) in [6.07, 6.45) is 0.0469. The summed E-state index contributed by atoms with van der Waals surface area (Å²) in [6, 6.07) is 8.75. The van der Waals surface area contributed by atoms with E-state index in [-0.39, 0.29) is 12.0 Å². The van der Waals surface area contributed by atoms with Gasteiger partial charge in [-0.05, 0) is 12.6 Å². The van der Waals surface area contributed by atoms with Gasteiger partial charge < -0.3 is 20.7 Å². The van der Waals surface area contributed by atoms with Crippen LogP contribution in [0.15, 0.2) is 30.3 Å². The number of benzene rings is 1. The lowest BCUT2D eigenvalue weighted by atomic mass is 10.1. The van der Waals surface area contributed by atoms with E-state index in [4.69, 9.17) is 10.5 Å². The fraction of sp³-hybridized carbons (Fsp3) is 0.500. The number of rotatable bonds is 4. The lowest BCUT2D eigenvalue weighted by Gasteiger charge is -2.30. The molecule has 1 aromatic carbocycles. The van der Waals surface area contributed by atoms with E-state index >= 15 is 0 Å². The third-order valence-electron chi connectivity index (χ3n) is 3.29. The highest BCUT2D eigenvalue weighted by Gasteiger charge is 2.20. The Morgan fingerprint density at radius 1 is 1.53 bits per heavy atom. The Morgan fingerprint density at radius 3 is 2.95 bits per heavy atom. The molecule has 2 rings (SSSR count). The van der Waals surface area contributed by atoms with Gasteiger partial charge in [0.2, 0.25) is 5.91 Å². The van der Waals surface area contributed by atoms with Crippen molar-refractivity contribution in [1.82, 2.24) is 10.2 Å². The third kappa shape index (κ3) is 4.02. The van der Waals surface area contributed by atoms with Crippen LogP contribution in [0.3, 0.4) is 0 Å². The molecule has 0 spiro atoms. The number of hydrogen-bond donors (Lipinski definition) is 2. The molecule has 0 radical (unpaired) electrons. The van der Waals surface area contributed by atoms with Gasteiger partial charge in [0.25, 0.3) is 0 Å². The maximum atomic E-state index is 12.0. The number of ether oxygens (including phenoxy) is 1. The second-order valence-corrected chi connectivity index (χ2v) is 4.89. The van der Waals surface area contributed by atoms with E-state index in [0.29, 0.717) is 13.2 Å². The highest BCUT2D eigenvalue weighted by Crippen LogP contribution is 2.09. The number of nitrogens with one attached hydrogen (secondary N) is 1. The van der Waals surface area contributed by atoms with E-state index in [0.717, 1.165) is 18.7 Å². The number of hydrogen-bond acceptors (Lipinski definition) is 4. The molecule has 0 aliphatic carbocycles. The summed E-state index contributed by atoms with van der Waals surface area (Å²) in [7, 11) is 2.05. The zero-order chi connectivity index (χ0) is 13.7. The van der Waals surface area contributed by atoms with Crippen LogP contribution in [0.5, 0.6) is 0 Å². The van der Waals surface area contributed by atoms with Crippen LogP contribution in [0.25, 0.3) is 0 Å². The van der Waals surface area contributed by atoms with Gasteiger partial charge in [0.15, 0.2) is 0 Å². The van der Waals surface area contributed by atoms with Crippen molar-refractivity contribution in [2.45, 2.75) is 12.1 Å². The topological polar surface area (TPSA) is 67.6 Å². The smallest absolute Gasteiger partial charge is 0.241 e. The predicted octanol–water partition coefficient (Wildman–Crippen LogP) is 0.133. The minimum absolute atomic E-state index is 0.0469. The normalized spacial score (nSPS) is 21.9. The van der Waals surface area contributed by atoms with Gasteiger partial charge in [-0.15, -0.1) is 0 Å². The number of likely N-dealkylation sites (N-methyl/N-ethyl adjacent to an activating group) is 1. The molecule has 1 heterocycles. The number of morpholine rings is 1. The first-order valence-electron chi connectivity index (χ1n) is 6.55. The number of nitrogens with two attached hydrogens (primary N) is 1. The molecule has 2 atom stereocenters. The standard InChI is InChI=1S/C14H21N3O2/c1-17-7-8-19-12(10-17)9-16-14(18)13(15)11-5-3-2-4-6-11/h2-6,12-13H,7-10,15H2,1H3,(H,16,18)/t12?,13-/m0/s1. The minimum Gasteiger partial charge on any atom is -0.374 e. The number of nitrogens with zero attached hydrogens (tertiary/aromatic N) is 1. The van der Waals surface area contributed by atoms with Crippen molar-refractivity contribution in [3.05, 3.63) is 35.9 Å². The highest BCUT2D eigenvalue weighted by atomic mass is 16.5. The molecule has 0 bridgehead atoms. The van der Waals surface area contributed by atoms with Crippen LogP contribution in [0.1, 0.15) is 11.6 Å². The van der Waals surface area contributed by atoms with E-state index in [1.54, 1.807) is 0 Å². The van der Waals surface area contributed by atoms with E-state index in [2.05, 4.69) is 10.2 Å². The fourth-order valence-electron chi connectivity index (χ4n) is 2.13. The van der Waals surface area contributed by atoms with Crippen LogP contribution < -0.4 is 11.1 Å². The third-order valence-corrected chi connectivity index (χ3v) is 3.29. The Labute approximate surface area is 113 Å². The Kier molecular flexibility index (Phi) is 4.90.